The van der Waals surface area contributed by atoms with Crippen LogP contribution in [0, 0.1) is 5.92 Å². The fourth-order valence-electron chi connectivity index (χ4n) is 2.58. The number of carbonyl (C=O) groups is 1. The summed E-state index contributed by atoms with van der Waals surface area (Å²) < 4.78 is 34.5. The minimum absolute atomic E-state index is 0.113. The van der Waals surface area contributed by atoms with E-state index in [4.69, 9.17) is 4.74 Å². The fourth-order valence-corrected chi connectivity index (χ4v) is 2.58. The van der Waals surface area contributed by atoms with Crippen molar-refractivity contribution in [2.75, 3.05) is 20.2 Å². The number of hydrogen-bond donors (Lipinski definition) is 3. The van der Waals surface area contributed by atoms with Crippen LogP contribution in [0.1, 0.15) is 32.8 Å². The molecule has 0 aliphatic heterocycles. The summed E-state index contributed by atoms with van der Waals surface area (Å²) >= 11 is 0. The topological polar surface area (TPSA) is 84.0 Å². The Morgan fingerprint density at radius 1 is 1.21 bits per heavy atom. The van der Waals surface area contributed by atoms with E-state index in [1.807, 2.05) is 0 Å². The molecule has 0 aromatic heterocycles. The van der Waals surface area contributed by atoms with Gasteiger partial charge in [-0.25, -0.2) is 4.79 Å². The van der Waals surface area contributed by atoms with Gasteiger partial charge in [-0.05, 0) is 25.3 Å². The Balaban J connectivity index is 2.62. The number of nitrogens with one attached hydrogen (secondary N) is 3. The van der Waals surface area contributed by atoms with Crippen LogP contribution in [-0.2, 0) is 11.3 Å². The SMILES string of the molecule is CCOC(=O)NC(CNC(=NC)NCc1ccccc1OC(F)F)CC(C)C. The van der Waals surface area contributed by atoms with Gasteiger partial charge in [-0.1, -0.05) is 32.0 Å². The van der Waals surface area contributed by atoms with Crippen LogP contribution in [0.25, 0.3) is 0 Å². The molecule has 0 spiro atoms. The predicted molar refractivity (Wildman–Crippen MR) is 105 cm³/mol. The number of aliphatic imine (C=N–C) groups is 1. The molecule has 158 valence electrons. The third-order valence-corrected chi connectivity index (χ3v) is 3.73. The zero-order valence-corrected chi connectivity index (χ0v) is 16.8. The zero-order valence-electron chi connectivity index (χ0n) is 16.8. The quantitative estimate of drug-likeness (QED) is 0.415. The number of nitrogens with zero attached hydrogens (tertiary/aromatic N) is 1. The van der Waals surface area contributed by atoms with Gasteiger partial charge < -0.3 is 25.4 Å². The number of halogens is 2. The Morgan fingerprint density at radius 3 is 2.54 bits per heavy atom. The lowest BCUT2D eigenvalue weighted by Crippen LogP contribution is -2.47. The number of para-hydroxylation sites is 1. The molecule has 1 atom stereocenters. The summed E-state index contributed by atoms with van der Waals surface area (Å²) in [6, 6.07) is 6.41. The van der Waals surface area contributed by atoms with Crippen LogP contribution in [0.2, 0.25) is 0 Å². The van der Waals surface area contributed by atoms with Gasteiger partial charge in [0.1, 0.15) is 5.75 Å². The molecular weight excluding hydrogens is 370 g/mol. The molecule has 0 heterocycles. The van der Waals surface area contributed by atoms with Crippen LogP contribution in [0.15, 0.2) is 29.3 Å². The maximum Gasteiger partial charge on any atom is 0.407 e. The van der Waals surface area contributed by atoms with Gasteiger partial charge in [-0.2, -0.15) is 8.78 Å². The largest absolute Gasteiger partial charge is 0.450 e. The monoisotopic (exact) mass is 400 g/mol. The van der Waals surface area contributed by atoms with Crippen LogP contribution in [0.3, 0.4) is 0 Å². The molecule has 7 nitrogen and oxygen atoms in total. The second kappa shape index (κ2) is 12.7. The zero-order chi connectivity index (χ0) is 20.9. The van der Waals surface area contributed by atoms with Crippen molar-refractivity contribution >= 4 is 12.1 Å². The molecule has 9 heteroatoms. The van der Waals surface area contributed by atoms with Crippen molar-refractivity contribution in [1.82, 2.24) is 16.0 Å². The molecule has 3 N–H and O–H groups in total. The Bertz CT molecular complexity index is 627. The number of guanidine groups is 1. The molecule has 1 amide bonds. The third-order valence-electron chi connectivity index (χ3n) is 3.73. The third kappa shape index (κ3) is 9.38. The molecule has 1 rings (SSSR count). The molecule has 1 unspecified atom stereocenters. The van der Waals surface area contributed by atoms with Crippen molar-refractivity contribution in [3.05, 3.63) is 29.8 Å². The highest BCUT2D eigenvalue weighted by Crippen LogP contribution is 2.19. The Hall–Kier alpha value is -2.58. The summed E-state index contributed by atoms with van der Waals surface area (Å²) in [5, 5.41) is 9.01. The predicted octanol–water partition coefficient (Wildman–Crippen LogP) is 3.11. The molecule has 1 aromatic carbocycles. The molecule has 0 radical (unpaired) electrons. The lowest BCUT2D eigenvalue weighted by atomic mass is 10.0. The standard InChI is InChI=1S/C19H30F2N4O3/c1-5-27-19(26)25-15(10-13(2)3)12-24-18(22-4)23-11-14-8-6-7-9-16(14)28-17(20)21/h6-9,13,15,17H,5,10-12H2,1-4H3,(H,25,26)(H2,22,23,24). The van der Waals surface area contributed by atoms with Crippen molar-refractivity contribution in [1.29, 1.82) is 0 Å². The van der Waals surface area contributed by atoms with Gasteiger partial charge in [0.25, 0.3) is 0 Å². The maximum absolute atomic E-state index is 12.5. The molecule has 0 bridgehead atoms. The number of ether oxygens (including phenoxy) is 2. The van der Waals surface area contributed by atoms with Crippen molar-refractivity contribution in [2.24, 2.45) is 10.9 Å². The minimum atomic E-state index is -2.88. The molecule has 28 heavy (non-hydrogen) atoms. The normalized spacial score (nSPS) is 12.6. The minimum Gasteiger partial charge on any atom is -0.450 e. The van der Waals surface area contributed by atoms with Gasteiger partial charge >= 0.3 is 12.7 Å². The van der Waals surface area contributed by atoms with E-state index in [0.717, 1.165) is 6.42 Å². The molecule has 0 fully saturated rings. The number of alkyl carbamates (subject to hydrolysis) is 1. The van der Waals surface area contributed by atoms with Gasteiger partial charge in [0.15, 0.2) is 5.96 Å². The first-order chi connectivity index (χ1) is 13.3. The first kappa shape index (κ1) is 23.5. The summed E-state index contributed by atoms with van der Waals surface area (Å²) in [6.45, 7) is 3.98. The van der Waals surface area contributed by atoms with Crippen molar-refractivity contribution < 1.29 is 23.0 Å². The fraction of sp³-hybridized carbons (Fsp3) is 0.579. The van der Waals surface area contributed by atoms with Crippen LogP contribution < -0.4 is 20.7 Å². The van der Waals surface area contributed by atoms with Crippen LogP contribution in [-0.4, -0.2) is 44.9 Å². The number of amides is 1. The van der Waals surface area contributed by atoms with Gasteiger partial charge in [0, 0.05) is 31.7 Å². The summed E-state index contributed by atoms with van der Waals surface area (Å²) in [5.41, 5.74) is 0.578. The van der Waals surface area contributed by atoms with Gasteiger partial charge in [-0.15, -0.1) is 0 Å². The van der Waals surface area contributed by atoms with E-state index in [0.29, 0.717) is 30.6 Å². The van der Waals surface area contributed by atoms with E-state index in [1.165, 1.54) is 6.07 Å². The van der Waals surface area contributed by atoms with E-state index in [1.54, 1.807) is 32.2 Å². The van der Waals surface area contributed by atoms with Crippen LogP contribution >= 0.6 is 0 Å². The Kier molecular flexibility index (Phi) is 10.7. The average Bonchev–Trinajstić information content (AvgIpc) is 2.62. The highest BCUT2D eigenvalue weighted by Gasteiger charge is 2.15. The molecule has 0 aliphatic carbocycles. The van der Waals surface area contributed by atoms with Gasteiger partial charge in [-0.3, -0.25) is 4.99 Å². The number of benzene rings is 1. The molecular formula is C19H30F2N4O3. The second-order valence-corrected chi connectivity index (χ2v) is 6.48. The van der Waals surface area contributed by atoms with Crippen molar-refractivity contribution in [3.63, 3.8) is 0 Å². The molecule has 1 aromatic rings. The van der Waals surface area contributed by atoms with E-state index in [-0.39, 0.29) is 18.3 Å². The first-order valence-electron chi connectivity index (χ1n) is 9.26. The number of carbonyl (C=O) groups excluding carboxylic acids is 1. The van der Waals surface area contributed by atoms with E-state index < -0.39 is 12.7 Å². The van der Waals surface area contributed by atoms with E-state index in [9.17, 15) is 13.6 Å². The lowest BCUT2D eigenvalue weighted by molar-refractivity contribution is -0.0504. The van der Waals surface area contributed by atoms with E-state index >= 15 is 0 Å². The molecule has 0 aliphatic rings. The smallest absolute Gasteiger partial charge is 0.407 e. The summed E-state index contributed by atoms with van der Waals surface area (Å²) in [6.07, 6.45) is 0.296. The van der Waals surface area contributed by atoms with Gasteiger partial charge in [0.2, 0.25) is 0 Å². The highest BCUT2D eigenvalue weighted by atomic mass is 19.3. The summed E-state index contributed by atoms with van der Waals surface area (Å²) in [7, 11) is 1.60. The Labute approximate surface area is 164 Å². The van der Waals surface area contributed by atoms with Crippen LogP contribution in [0.5, 0.6) is 5.75 Å². The number of hydrogen-bond acceptors (Lipinski definition) is 4. The number of alkyl halides is 2. The lowest BCUT2D eigenvalue weighted by Gasteiger charge is -2.22. The second-order valence-electron chi connectivity index (χ2n) is 6.48. The average molecular weight is 400 g/mol. The Morgan fingerprint density at radius 2 is 1.93 bits per heavy atom. The number of rotatable bonds is 10. The van der Waals surface area contributed by atoms with E-state index in [2.05, 4.69) is 39.5 Å². The summed E-state index contributed by atoms with van der Waals surface area (Å²) in [4.78, 5) is 15.8. The first-order valence-corrected chi connectivity index (χ1v) is 9.26. The molecule has 0 saturated carbocycles. The molecule has 0 saturated heterocycles. The van der Waals surface area contributed by atoms with Crippen LogP contribution in [0.4, 0.5) is 13.6 Å². The van der Waals surface area contributed by atoms with Crippen molar-refractivity contribution in [3.8, 4) is 5.75 Å². The van der Waals surface area contributed by atoms with Gasteiger partial charge in [0.05, 0.1) is 6.61 Å². The highest BCUT2D eigenvalue weighted by molar-refractivity contribution is 5.79. The van der Waals surface area contributed by atoms with Crippen molar-refractivity contribution in [2.45, 2.75) is 46.4 Å². The maximum atomic E-state index is 12.5. The summed E-state index contributed by atoms with van der Waals surface area (Å²) in [5.74, 6) is 0.968.